The van der Waals surface area contributed by atoms with Gasteiger partial charge in [-0.05, 0) is 39.0 Å². The molecule has 3 N–H and O–H groups in total. The molecule has 0 amide bonds. The van der Waals surface area contributed by atoms with Crippen LogP contribution in [0.2, 0.25) is 0 Å². The number of benzene rings is 1. The van der Waals surface area contributed by atoms with Gasteiger partial charge in [0.2, 0.25) is 0 Å². The van der Waals surface area contributed by atoms with Crippen LogP contribution in [0.1, 0.15) is 12.8 Å². The Bertz CT molecular complexity index is 427. The molecule has 0 spiro atoms. The number of nitrogens with one attached hydrogen (secondary N) is 1. The summed E-state index contributed by atoms with van der Waals surface area (Å²) in [4.78, 5) is 15.3. The van der Waals surface area contributed by atoms with E-state index in [1.807, 2.05) is 17.3 Å². The highest BCUT2D eigenvalue weighted by Gasteiger charge is 2.23. The molecule has 0 atom stereocenters. The first-order valence-corrected chi connectivity index (χ1v) is 6.31. The monoisotopic (exact) mass is 249 g/mol. The van der Waals surface area contributed by atoms with Gasteiger partial charge in [-0.25, -0.2) is 0 Å². The van der Waals surface area contributed by atoms with Gasteiger partial charge in [0.25, 0.3) is 5.69 Å². The van der Waals surface area contributed by atoms with E-state index in [0.717, 1.165) is 31.6 Å². The number of nitroso groups, excluding NO2 is 1. The zero-order valence-electron chi connectivity index (χ0n) is 11.0. The third-order valence-corrected chi connectivity index (χ3v) is 3.81. The Morgan fingerprint density at radius 1 is 1.39 bits per heavy atom. The number of likely N-dealkylation sites (tertiary alicyclic amines) is 1. The van der Waals surface area contributed by atoms with E-state index in [1.54, 1.807) is 6.07 Å². The molecule has 1 fully saturated rings. The SMILES string of the molecule is CN1CCC(N(C)c2cccc([NH+]=O)c2N)CC1. The molecule has 2 rings (SSSR count). The van der Waals surface area contributed by atoms with E-state index in [1.165, 1.54) is 0 Å². The van der Waals surface area contributed by atoms with Crippen molar-refractivity contribution in [2.24, 2.45) is 0 Å². The number of nitrogens with two attached hydrogens (primary N) is 1. The van der Waals surface area contributed by atoms with Crippen molar-refractivity contribution in [3.05, 3.63) is 23.1 Å². The molecule has 0 bridgehead atoms. The van der Waals surface area contributed by atoms with E-state index in [4.69, 9.17) is 5.73 Å². The van der Waals surface area contributed by atoms with E-state index < -0.39 is 0 Å². The largest absolute Gasteiger partial charge is 0.392 e. The maximum Gasteiger partial charge on any atom is 0.278 e. The summed E-state index contributed by atoms with van der Waals surface area (Å²) in [7, 11) is 4.20. The fraction of sp³-hybridized carbons (Fsp3) is 0.538. The van der Waals surface area contributed by atoms with Crippen molar-refractivity contribution in [3.63, 3.8) is 0 Å². The summed E-state index contributed by atoms with van der Waals surface area (Å²) < 4.78 is 0. The smallest absolute Gasteiger partial charge is 0.278 e. The number of para-hydroxylation sites is 1. The number of hydrogen-bond acceptors (Lipinski definition) is 4. The highest BCUT2D eigenvalue weighted by atomic mass is 16.3. The molecule has 1 aliphatic rings. The lowest BCUT2D eigenvalue weighted by atomic mass is 10.0. The predicted molar refractivity (Wildman–Crippen MR) is 73.8 cm³/mol. The number of hydrogen-bond donors (Lipinski definition) is 2. The van der Waals surface area contributed by atoms with Crippen molar-refractivity contribution >= 4 is 17.1 Å². The Labute approximate surface area is 108 Å². The lowest BCUT2D eigenvalue weighted by Crippen LogP contribution is -2.56. The minimum Gasteiger partial charge on any atom is -0.392 e. The fourth-order valence-electron chi connectivity index (χ4n) is 2.53. The lowest BCUT2D eigenvalue weighted by molar-refractivity contribution is -0.378. The minimum absolute atomic E-state index is 0.451. The van der Waals surface area contributed by atoms with Gasteiger partial charge in [0.1, 0.15) is 5.69 Å². The van der Waals surface area contributed by atoms with Crippen molar-refractivity contribution in [1.82, 2.24) is 4.90 Å². The van der Waals surface area contributed by atoms with E-state index >= 15 is 0 Å². The molecule has 18 heavy (non-hydrogen) atoms. The maximum absolute atomic E-state index is 10.8. The normalized spacial score (nSPS) is 17.7. The zero-order valence-corrected chi connectivity index (χ0v) is 11.0. The summed E-state index contributed by atoms with van der Waals surface area (Å²) in [6, 6.07) is 6.02. The highest BCUT2D eigenvalue weighted by Crippen LogP contribution is 2.30. The van der Waals surface area contributed by atoms with Crippen LogP contribution >= 0.6 is 0 Å². The van der Waals surface area contributed by atoms with E-state index in [2.05, 4.69) is 23.9 Å². The van der Waals surface area contributed by atoms with Gasteiger partial charge in [0.05, 0.1) is 5.69 Å². The topological polar surface area (TPSA) is 63.5 Å². The molecule has 1 aliphatic heterocycles. The highest BCUT2D eigenvalue weighted by molar-refractivity contribution is 5.76. The van der Waals surface area contributed by atoms with Crippen molar-refractivity contribution in [1.29, 1.82) is 0 Å². The van der Waals surface area contributed by atoms with Crippen LogP contribution in [0.15, 0.2) is 18.2 Å². The van der Waals surface area contributed by atoms with Crippen molar-refractivity contribution in [3.8, 4) is 0 Å². The van der Waals surface area contributed by atoms with Gasteiger partial charge in [-0.15, -0.1) is 0 Å². The van der Waals surface area contributed by atoms with Crippen molar-refractivity contribution < 1.29 is 5.18 Å². The molecule has 0 aliphatic carbocycles. The second kappa shape index (κ2) is 5.35. The summed E-state index contributed by atoms with van der Waals surface area (Å²) in [5, 5.41) is 1.89. The van der Waals surface area contributed by atoms with Gasteiger partial charge in [0, 0.05) is 29.2 Å². The number of nitrogen functional groups attached to an aromatic ring is 1. The summed E-state index contributed by atoms with van der Waals surface area (Å²) in [5.74, 6) is 0. The van der Waals surface area contributed by atoms with Gasteiger partial charge < -0.3 is 15.5 Å². The Kier molecular flexibility index (Phi) is 3.81. The first kappa shape index (κ1) is 12.8. The molecule has 0 unspecified atom stereocenters. The molecule has 1 saturated heterocycles. The Hall–Kier alpha value is -1.62. The Balaban J connectivity index is 2.18. The van der Waals surface area contributed by atoms with Gasteiger partial charge >= 0.3 is 0 Å². The second-order valence-electron chi connectivity index (χ2n) is 4.99. The summed E-state index contributed by atoms with van der Waals surface area (Å²) in [5.41, 5.74) is 7.94. The fourth-order valence-corrected chi connectivity index (χ4v) is 2.53. The number of piperidine rings is 1. The average molecular weight is 249 g/mol. The number of rotatable bonds is 3. The van der Waals surface area contributed by atoms with E-state index in [0.29, 0.717) is 17.4 Å². The average Bonchev–Trinajstić information content (AvgIpc) is 2.39. The van der Waals surface area contributed by atoms with Crippen molar-refractivity contribution in [2.75, 3.05) is 37.8 Å². The first-order chi connectivity index (χ1) is 8.63. The molecule has 5 heteroatoms. The molecule has 5 nitrogen and oxygen atoms in total. The van der Waals surface area contributed by atoms with E-state index in [9.17, 15) is 4.91 Å². The molecular weight excluding hydrogens is 228 g/mol. The zero-order chi connectivity index (χ0) is 13.1. The quantitative estimate of drug-likeness (QED) is 0.755. The van der Waals surface area contributed by atoms with E-state index in [-0.39, 0.29) is 0 Å². The Morgan fingerprint density at radius 2 is 2.06 bits per heavy atom. The van der Waals surface area contributed by atoms with Crippen LogP contribution in [0.3, 0.4) is 0 Å². The lowest BCUT2D eigenvalue weighted by Gasteiger charge is -2.36. The summed E-state index contributed by atoms with van der Waals surface area (Å²) >= 11 is 0. The summed E-state index contributed by atoms with van der Waals surface area (Å²) in [6.07, 6.45) is 2.25. The van der Waals surface area contributed by atoms with Crippen LogP contribution in [0.5, 0.6) is 0 Å². The van der Waals surface area contributed by atoms with Crippen molar-refractivity contribution in [2.45, 2.75) is 18.9 Å². The molecule has 98 valence electrons. The van der Waals surface area contributed by atoms with Crippen LogP contribution in [0, 0.1) is 4.91 Å². The second-order valence-corrected chi connectivity index (χ2v) is 4.99. The minimum atomic E-state index is 0.451. The number of nitrogens with zero attached hydrogens (tertiary/aromatic N) is 2. The van der Waals surface area contributed by atoms with Crippen LogP contribution in [0.25, 0.3) is 0 Å². The predicted octanol–water partition coefficient (Wildman–Crippen LogP) is 0.278. The van der Waals surface area contributed by atoms with Crippen LogP contribution in [-0.2, 0) is 0 Å². The molecule has 1 aromatic rings. The Morgan fingerprint density at radius 3 is 2.67 bits per heavy atom. The number of anilines is 2. The first-order valence-electron chi connectivity index (χ1n) is 6.31. The van der Waals surface area contributed by atoms with Crippen LogP contribution in [0.4, 0.5) is 17.1 Å². The van der Waals surface area contributed by atoms with Gasteiger partial charge in [0.15, 0.2) is 0 Å². The molecule has 0 saturated carbocycles. The third-order valence-electron chi connectivity index (χ3n) is 3.81. The third kappa shape index (κ3) is 2.46. The van der Waals surface area contributed by atoms with Crippen LogP contribution in [-0.4, -0.2) is 38.1 Å². The van der Waals surface area contributed by atoms with Gasteiger partial charge in [-0.2, -0.15) is 0 Å². The molecule has 0 aromatic heterocycles. The maximum atomic E-state index is 10.8. The standard InChI is InChI=1S/C13H20N4O/c1-16-8-6-10(7-9-16)17(2)12-5-3-4-11(15-18)13(12)14/h3-5,10H,6-9,14H2,1-2H3/p+1. The molecular formula is C13H21N4O+. The molecule has 1 aromatic carbocycles. The molecule has 1 heterocycles. The van der Waals surface area contributed by atoms with Gasteiger partial charge in [-0.1, -0.05) is 6.07 Å². The molecule has 0 radical (unpaired) electrons. The summed E-state index contributed by atoms with van der Waals surface area (Å²) in [6.45, 7) is 2.21. The van der Waals surface area contributed by atoms with Gasteiger partial charge in [-0.3, -0.25) is 0 Å². The van der Waals surface area contributed by atoms with Crippen LogP contribution < -0.4 is 15.8 Å².